The van der Waals surface area contributed by atoms with Gasteiger partial charge < -0.3 is 5.32 Å². The molecule has 118 valence electrons. The van der Waals surface area contributed by atoms with Gasteiger partial charge in [0.25, 0.3) is 0 Å². The molecule has 0 aliphatic rings. The van der Waals surface area contributed by atoms with Crippen LogP contribution in [-0.4, -0.2) is 26.2 Å². The molecule has 1 aromatic carbocycles. The molecule has 0 aliphatic heterocycles. The number of imidazole rings is 1. The molecule has 1 N–H and O–H groups in total. The van der Waals surface area contributed by atoms with E-state index in [1.54, 1.807) is 12.4 Å². The Hall–Kier alpha value is -2.12. The molecule has 3 aromatic rings. The van der Waals surface area contributed by atoms with Gasteiger partial charge in [0.2, 0.25) is 5.91 Å². The first-order valence-electron chi connectivity index (χ1n) is 7.06. The van der Waals surface area contributed by atoms with Crippen molar-refractivity contribution in [2.24, 2.45) is 0 Å². The fourth-order valence-corrected chi connectivity index (χ4v) is 3.36. The molecule has 3 rings (SSSR count). The van der Waals surface area contributed by atoms with Crippen LogP contribution >= 0.6 is 23.1 Å². The van der Waals surface area contributed by atoms with Gasteiger partial charge in [0.1, 0.15) is 0 Å². The van der Waals surface area contributed by atoms with Crippen LogP contribution in [0.15, 0.2) is 47.3 Å². The molecule has 2 aromatic heterocycles. The standard InChI is InChI=1S/C16H16N4OS2/c1-11-3-4-13(9-12(11)2)20-7-5-18-16(20)23-10-14(21)19-15-17-6-8-22-15/h3-9H,10H2,1-2H3,(H,17,19,21). The van der Waals surface area contributed by atoms with E-state index in [4.69, 9.17) is 0 Å². The highest BCUT2D eigenvalue weighted by atomic mass is 32.2. The number of anilines is 1. The Kier molecular flexibility index (Phi) is 4.78. The van der Waals surface area contributed by atoms with Crippen molar-refractivity contribution in [3.8, 4) is 5.69 Å². The summed E-state index contributed by atoms with van der Waals surface area (Å²) < 4.78 is 1.99. The summed E-state index contributed by atoms with van der Waals surface area (Å²) in [5, 5.41) is 6.01. The van der Waals surface area contributed by atoms with Crippen molar-refractivity contribution < 1.29 is 4.79 Å². The van der Waals surface area contributed by atoms with E-state index in [2.05, 4.69) is 47.3 Å². The number of hydrogen-bond acceptors (Lipinski definition) is 5. The molecule has 0 unspecified atom stereocenters. The molecular formula is C16H16N4OS2. The first kappa shape index (κ1) is 15.8. The van der Waals surface area contributed by atoms with Crippen molar-refractivity contribution in [3.05, 3.63) is 53.3 Å². The van der Waals surface area contributed by atoms with E-state index in [0.29, 0.717) is 10.9 Å². The van der Waals surface area contributed by atoms with Gasteiger partial charge in [-0.25, -0.2) is 9.97 Å². The number of amides is 1. The van der Waals surface area contributed by atoms with E-state index in [0.717, 1.165) is 10.8 Å². The molecular weight excluding hydrogens is 328 g/mol. The Labute approximate surface area is 142 Å². The summed E-state index contributed by atoms with van der Waals surface area (Å²) in [5.74, 6) is 0.209. The van der Waals surface area contributed by atoms with Crippen molar-refractivity contribution >= 4 is 34.1 Å². The van der Waals surface area contributed by atoms with Crippen molar-refractivity contribution in [2.75, 3.05) is 11.1 Å². The maximum Gasteiger partial charge on any atom is 0.236 e. The van der Waals surface area contributed by atoms with Crippen molar-refractivity contribution in [2.45, 2.75) is 19.0 Å². The van der Waals surface area contributed by atoms with Crippen LogP contribution < -0.4 is 5.32 Å². The number of aromatic nitrogens is 3. The molecule has 0 radical (unpaired) electrons. The molecule has 0 saturated heterocycles. The fourth-order valence-electron chi connectivity index (χ4n) is 2.04. The number of thioether (sulfide) groups is 1. The average Bonchev–Trinajstić information content (AvgIpc) is 3.19. The lowest BCUT2D eigenvalue weighted by molar-refractivity contribution is -0.113. The molecule has 0 spiro atoms. The van der Waals surface area contributed by atoms with E-state index in [1.807, 2.05) is 16.1 Å². The number of rotatable bonds is 5. The topological polar surface area (TPSA) is 59.8 Å². The summed E-state index contributed by atoms with van der Waals surface area (Å²) in [6.45, 7) is 4.18. The molecule has 7 heteroatoms. The third-order valence-corrected chi connectivity index (χ3v) is 5.04. The Morgan fingerprint density at radius 1 is 1.26 bits per heavy atom. The number of nitrogens with zero attached hydrogens (tertiary/aromatic N) is 3. The zero-order valence-electron chi connectivity index (χ0n) is 12.8. The van der Waals surface area contributed by atoms with Gasteiger partial charge in [0.05, 0.1) is 5.75 Å². The van der Waals surface area contributed by atoms with Crippen molar-refractivity contribution in [1.29, 1.82) is 0 Å². The van der Waals surface area contributed by atoms with Crippen LogP contribution in [0, 0.1) is 13.8 Å². The minimum Gasteiger partial charge on any atom is -0.301 e. The summed E-state index contributed by atoms with van der Waals surface area (Å²) in [7, 11) is 0. The molecule has 0 fully saturated rings. The minimum atomic E-state index is -0.0837. The second kappa shape index (κ2) is 6.97. The third-order valence-electron chi connectivity index (χ3n) is 3.39. The molecule has 1 amide bonds. The van der Waals surface area contributed by atoms with E-state index < -0.39 is 0 Å². The van der Waals surface area contributed by atoms with Gasteiger partial charge in [0.15, 0.2) is 10.3 Å². The fraction of sp³-hybridized carbons (Fsp3) is 0.188. The maximum atomic E-state index is 11.9. The van der Waals surface area contributed by atoms with Crippen molar-refractivity contribution in [3.63, 3.8) is 0 Å². The van der Waals surface area contributed by atoms with Crippen molar-refractivity contribution in [1.82, 2.24) is 14.5 Å². The van der Waals surface area contributed by atoms with Gasteiger partial charge in [-0.3, -0.25) is 9.36 Å². The van der Waals surface area contributed by atoms with E-state index in [9.17, 15) is 4.79 Å². The van der Waals surface area contributed by atoms with Crippen LogP contribution in [0.3, 0.4) is 0 Å². The number of hydrogen-bond donors (Lipinski definition) is 1. The number of nitrogens with one attached hydrogen (secondary N) is 1. The second-order valence-corrected chi connectivity index (χ2v) is 6.86. The normalized spacial score (nSPS) is 10.7. The predicted molar refractivity (Wildman–Crippen MR) is 94.5 cm³/mol. The molecule has 23 heavy (non-hydrogen) atoms. The largest absolute Gasteiger partial charge is 0.301 e. The Morgan fingerprint density at radius 2 is 2.13 bits per heavy atom. The minimum absolute atomic E-state index is 0.0837. The van der Waals surface area contributed by atoms with E-state index in [-0.39, 0.29) is 5.91 Å². The highest BCUT2D eigenvalue weighted by Crippen LogP contribution is 2.22. The molecule has 2 heterocycles. The first-order chi connectivity index (χ1) is 11.1. The van der Waals surface area contributed by atoms with Crippen LogP contribution in [0.5, 0.6) is 0 Å². The quantitative estimate of drug-likeness (QED) is 0.717. The SMILES string of the molecule is Cc1ccc(-n2ccnc2SCC(=O)Nc2nccs2)cc1C. The molecule has 0 saturated carbocycles. The second-order valence-electron chi connectivity index (χ2n) is 5.02. The lowest BCUT2D eigenvalue weighted by atomic mass is 10.1. The number of thiazole rings is 1. The van der Waals surface area contributed by atoms with E-state index in [1.165, 1.54) is 34.2 Å². The average molecular weight is 344 g/mol. The summed E-state index contributed by atoms with van der Waals surface area (Å²) >= 11 is 2.81. The van der Waals surface area contributed by atoms with Gasteiger partial charge in [0, 0.05) is 29.7 Å². The first-order valence-corrected chi connectivity index (χ1v) is 8.93. The molecule has 5 nitrogen and oxygen atoms in total. The smallest absolute Gasteiger partial charge is 0.236 e. The lowest BCUT2D eigenvalue weighted by Crippen LogP contribution is -2.14. The zero-order chi connectivity index (χ0) is 16.2. The van der Waals surface area contributed by atoms with Crippen LogP contribution in [0.25, 0.3) is 5.69 Å². The van der Waals surface area contributed by atoms with E-state index >= 15 is 0 Å². The highest BCUT2D eigenvalue weighted by Gasteiger charge is 2.10. The van der Waals surface area contributed by atoms with Crippen LogP contribution in [0.4, 0.5) is 5.13 Å². The monoisotopic (exact) mass is 344 g/mol. The third kappa shape index (κ3) is 3.80. The predicted octanol–water partition coefficient (Wildman–Crippen LogP) is 3.68. The van der Waals surface area contributed by atoms with Crippen LogP contribution in [0.2, 0.25) is 0 Å². The lowest BCUT2D eigenvalue weighted by Gasteiger charge is -2.09. The summed E-state index contributed by atoms with van der Waals surface area (Å²) in [5.41, 5.74) is 3.54. The zero-order valence-corrected chi connectivity index (χ0v) is 14.4. The Morgan fingerprint density at radius 3 is 2.87 bits per heavy atom. The molecule has 0 atom stereocenters. The van der Waals surface area contributed by atoms with Gasteiger partial charge >= 0.3 is 0 Å². The summed E-state index contributed by atoms with van der Waals surface area (Å²) in [6.07, 6.45) is 5.32. The number of aryl methyl sites for hydroxylation is 2. The van der Waals surface area contributed by atoms with Gasteiger partial charge in [-0.05, 0) is 37.1 Å². The van der Waals surface area contributed by atoms with Gasteiger partial charge in [-0.15, -0.1) is 11.3 Å². The van der Waals surface area contributed by atoms with Crippen LogP contribution in [-0.2, 0) is 4.79 Å². The Balaban J connectivity index is 1.68. The van der Waals surface area contributed by atoms with Gasteiger partial charge in [-0.2, -0.15) is 0 Å². The number of benzene rings is 1. The summed E-state index contributed by atoms with van der Waals surface area (Å²) in [6, 6.07) is 6.27. The molecule has 0 bridgehead atoms. The van der Waals surface area contributed by atoms with Gasteiger partial charge in [-0.1, -0.05) is 17.8 Å². The number of carbonyl (C=O) groups is 1. The Bertz CT molecular complexity index is 811. The number of carbonyl (C=O) groups excluding carboxylic acids is 1. The molecule has 0 aliphatic carbocycles. The maximum absolute atomic E-state index is 11.9. The summed E-state index contributed by atoms with van der Waals surface area (Å²) in [4.78, 5) is 20.3. The highest BCUT2D eigenvalue weighted by molar-refractivity contribution is 7.99. The van der Waals surface area contributed by atoms with Crippen LogP contribution in [0.1, 0.15) is 11.1 Å².